The van der Waals surface area contributed by atoms with E-state index in [2.05, 4.69) is 10.3 Å². The number of thiophene rings is 1. The van der Waals surface area contributed by atoms with Crippen molar-refractivity contribution in [3.05, 3.63) is 55.6 Å². The molecule has 5 nitrogen and oxygen atoms in total. The Labute approximate surface area is 144 Å². The molecule has 1 amide bonds. The summed E-state index contributed by atoms with van der Waals surface area (Å²) in [5.74, 6) is -0.253. The van der Waals surface area contributed by atoms with Crippen molar-refractivity contribution in [3.63, 3.8) is 0 Å². The minimum absolute atomic E-state index is 0.0192. The normalized spacial score (nSPS) is 14.7. The fourth-order valence-electron chi connectivity index (χ4n) is 3.11. The summed E-state index contributed by atoms with van der Waals surface area (Å²) in [6.45, 7) is 1.81. The Balaban J connectivity index is 1.72. The summed E-state index contributed by atoms with van der Waals surface area (Å²) in [4.78, 5) is 40.0. The van der Waals surface area contributed by atoms with E-state index in [1.54, 1.807) is 6.07 Å². The number of aromatic amines is 1. The summed E-state index contributed by atoms with van der Waals surface area (Å²) in [6, 6.07) is 4.71. The van der Waals surface area contributed by atoms with Crippen LogP contribution in [0.25, 0.3) is 0 Å². The third-order valence-corrected chi connectivity index (χ3v) is 5.16. The summed E-state index contributed by atoms with van der Waals surface area (Å²) < 4.78 is 0. The molecule has 0 bridgehead atoms. The summed E-state index contributed by atoms with van der Waals surface area (Å²) in [5.41, 5.74) is 2.02. The molecule has 6 heteroatoms. The Hall–Kier alpha value is -2.21. The van der Waals surface area contributed by atoms with Crippen LogP contribution in [0.15, 0.2) is 28.4 Å². The lowest BCUT2D eigenvalue weighted by atomic mass is 9.92. The molecule has 1 aliphatic rings. The number of Topliss-reactive ketones (excluding diaryl/α,β-unsaturated/α-hetero) is 1. The average molecular weight is 344 g/mol. The number of hydrogen-bond donors (Lipinski definition) is 2. The molecule has 2 heterocycles. The molecule has 1 unspecified atom stereocenters. The Bertz CT molecular complexity index is 808. The fourth-order valence-corrected chi connectivity index (χ4v) is 3.79. The number of carbonyl (C=O) groups is 2. The largest absolute Gasteiger partial charge is 0.349 e. The van der Waals surface area contributed by atoms with Gasteiger partial charge in [0.05, 0.1) is 4.88 Å². The highest BCUT2D eigenvalue weighted by atomic mass is 32.1. The molecule has 0 saturated heterocycles. The van der Waals surface area contributed by atoms with Gasteiger partial charge in [-0.2, -0.15) is 0 Å². The maximum atomic E-state index is 12.6. The smallest absolute Gasteiger partial charge is 0.252 e. The summed E-state index contributed by atoms with van der Waals surface area (Å²) in [6.07, 6.45) is 3.90. The number of aryl methyl sites for hydroxylation is 1. The molecule has 1 atom stereocenters. The van der Waals surface area contributed by atoms with E-state index >= 15 is 0 Å². The monoisotopic (exact) mass is 344 g/mol. The van der Waals surface area contributed by atoms with Gasteiger partial charge in [0, 0.05) is 29.8 Å². The molecule has 3 rings (SSSR count). The number of carbonyl (C=O) groups excluding carboxylic acids is 2. The summed E-state index contributed by atoms with van der Waals surface area (Å²) in [5, 5.41) is 4.72. The SMILES string of the molecule is CC(CC(=O)c1cccs1)NC(=O)c1cc(=O)[nH]c2c1CCCC2. The van der Waals surface area contributed by atoms with Crippen molar-refractivity contribution in [1.29, 1.82) is 0 Å². The molecule has 0 saturated carbocycles. The maximum Gasteiger partial charge on any atom is 0.252 e. The van der Waals surface area contributed by atoms with E-state index in [-0.39, 0.29) is 29.7 Å². The number of aromatic nitrogens is 1. The molecule has 0 aliphatic heterocycles. The van der Waals surface area contributed by atoms with Crippen LogP contribution in [0.2, 0.25) is 0 Å². The highest BCUT2D eigenvalue weighted by Crippen LogP contribution is 2.21. The number of nitrogens with one attached hydrogen (secondary N) is 2. The van der Waals surface area contributed by atoms with Gasteiger partial charge in [-0.15, -0.1) is 11.3 Å². The number of rotatable bonds is 5. The van der Waals surface area contributed by atoms with Crippen molar-refractivity contribution >= 4 is 23.0 Å². The minimum Gasteiger partial charge on any atom is -0.349 e. The molecule has 2 aromatic rings. The number of fused-ring (bicyclic) bond motifs is 1. The molecule has 0 radical (unpaired) electrons. The van der Waals surface area contributed by atoms with Crippen molar-refractivity contribution < 1.29 is 9.59 Å². The van der Waals surface area contributed by atoms with Crippen LogP contribution < -0.4 is 10.9 Å². The second-order valence-corrected chi connectivity index (χ2v) is 7.14. The van der Waals surface area contributed by atoms with Crippen molar-refractivity contribution in [3.8, 4) is 0 Å². The fraction of sp³-hybridized carbons (Fsp3) is 0.389. The highest BCUT2D eigenvalue weighted by molar-refractivity contribution is 7.12. The maximum absolute atomic E-state index is 12.6. The van der Waals surface area contributed by atoms with Crippen LogP contribution in [-0.4, -0.2) is 22.7 Å². The molecular formula is C18H20N2O3S. The Kier molecular flexibility index (Phi) is 4.94. The third kappa shape index (κ3) is 3.64. The number of amides is 1. The Morgan fingerprint density at radius 1 is 1.33 bits per heavy atom. The van der Waals surface area contributed by atoms with Gasteiger partial charge in [-0.1, -0.05) is 6.07 Å². The van der Waals surface area contributed by atoms with Gasteiger partial charge in [-0.05, 0) is 49.6 Å². The van der Waals surface area contributed by atoms with Crippen LogP contribution in [0.1, 0.15) is 57.5 Å². The number of H-pyrrole nitrogens is 1. The van der Waals surface area contributed by atoms with E-state index in [9.17, 15) is 14.4 Å². The molecule has 126 valence electrons. The predicted molar refractivity (Wildman–Crippen MR) is 93.9 cm³/mol. The minimum atomic E-state index is -0.286. The zero-order valence-corrected chi connectivity index (χ0v) is 14.4. The lowest BCUT2D eigenvalue weighted by molar-refractivity contribution is 0.0918. The van der Waals surface area contributed by atoms with Crippen molar-refractivity contribution in [2.45, 2.75) is 45.1 Å². The Morgan fingerprint density at radius 2 is 2.12 bits per heavy atom. The lowest BCUT2D eigenvalue weighted by Gasteiger charge is -2.20. The van der Waals surface area contributed by atoms with Crippen LogP contribution >= 0.6 is 11.3 Å². The Morgan fingerprint density at radius 3 is 2.88 bits per heavy atom. The van der Waals surface area contributed by atoms with Gasteiger partial charge in [-0.3, -0.25) is 14.4 Å². The van der Waals surface area contributed by atoms with Crippen molar-refractivity contribution in [2.75, 3.05) is 0 Å². The average Bonchev–Trinajstić information content (AvgIpc) is 3.08. The molecule has 24 heavy (non-hydrogen) atoms. The van der Waals surface area contributed by atoms with Gasteiger partial charge in [0.25, 0.3) is 5.91 Å². The third-order valence-electron chi connectivity index (χ3n) is 4.25. The lowest BCUT2D eigenvalue weighted by Crippen LogP contribution is -2.36. The number of ketones is 1. The summed E-state index contributed by atoms with van der Waals surface area (Å²) in [7, 11) is 0. The van der Waals surface area contributed by atoms with E-state index in [1.807, 2.05) is 18.4 Å². The van der Waals surface area contributed by atoms with Gasteiger partial charge in [-0.25, -0.2) is 0 Å². The second kappa shape index (κ2) is 7.13. The van der Waals surface area contributed by atoms with E-state index in [4.69, 9.17) is 0 Å². The molecule has 2 aromatic heterocycles. The topological polar surface area (TPSA) is 79.0 Å². The highest BCUT2D eigenvalue weighted by Gasteiger charge is 2.21. The first kappa shape index (κ1) is 16.6. The first-order valence-electron chi connectivity index (χ1n) is 8.17. The van der Waals surface area contributed by atoms with Gasteiger partial charge < -0.3 is 10.3 Å². The van der Waals surface area contributed by atoms with E-state index in [1.165, 1.54) is 17.4 Å². The molecule has 2 N–H and O–H groups in total. The number of hydrogen-bond acceptors (Lipinski definition) is 4. The quantitative estimate of drug-likeness (QED) is 0.819. The zero-order valence-electron chi connectivity index (χ0n) is 13.6. The van der Waals surface area contributed by atoms with Crippen LogP contribution in [0, 0.1) is 0 Å². The van der Waals surface area contributed by atoms with Gasteiger partial charge in [0.15, 0.2) is 5.78 Å². The van der Waals surface area contributed by atoms with Crippen molar-refractivity contribution in [2.24, 2.45) is 0 Å². The molecule has 1 aliphatic carbocycles. The van der Waals surface area contributed by atoms with Crippen molar-refractivity contribution in [1.82, 2.24) is 10.3 Å². The zero-order chi connectivity index (χ0) is 17.1. The van der Waals surface area contributed by atoms with Crippen LogP contribution in [-0.2, 0) is 12.8 Å². The van der Waals surface area contributed by atoms with Crippen LogP contribution in [0.5, 0.6) is 0 Å². The van der Waals surface area contributed by atoms with E-state index in [0.717, 1.165) is 36.9 Å². The summed E-state index contributed by atoms with van der Waals surface area (Å²) >= 11 is 1.40. The second-order valence-electron chi connectivity index (χ2n) is 6.19. The van der Waals surface area contributed by atoms with Gasteiger partial charge in [0.1, 0.15) is 0 Å². The molecular weight excluding hydrogens is 324 g/mol. The predicted octanol–water partition coefficient (Wildman–Crippen LogP) is 2.71. The van der Waals surface area contributed by atoms with E-state index in [0.29, 0.717) is 10.4 Å². The molecule has 0 aromatic carbocycles. The van der Waals surface area contributed by atoms with Crippen LogP contribution in [0.3, 0.4) is 0 Å². The van der Waals surface area contributed by atoms with Crippen LogP contribution in [0.4, 0.5) is 0 Å². The number of pyridine rings is 1. The first-order chi connectivity index (χ1) is 11.5. The molecule has 0 spiro atoms. The van der Waals surface area contributed by atoms with Gasteiger partial charge >= 0.3 is 0 Å². The standard InChI is InChI=1S/C18H20N2O3S/c1-11(9-15(21)16-7-4-8-24-16)19-18(23)13-10-17(22)20-14-6-3-2-5-12(13)14/h4,7-8,10-11H,2-3,5-6,9H2,1H3,(H,19,23)(H,20,22). The first-order valence-corrected chi connectivity index (χ1v) is 9.05. The molecule has 0 fully saturated rings. The van der Waals surface area contributed by atoms with E-state index < -0.39 is 0 Å². The van der Waals surface area contributed by atoms with Gasteiger partial charge in [0.2, 0.25) is 5.56 Å².